The molecule has 1 aromatic heterocycles. The molecule has 0 fully saturated rings. The molecule has 0 aliphatic carbocycles. The largest absolute Gasteiger partial charge is 0.382 e. The number of thioether (sulfide) groups is 1. The second-order valence-corrected chi connectivity index (χ2v) is 7.15. The van der Waals surface area contributed by atoms with Gasteiger partial charge in [0.2, 0.25) is 0 Å². The molecular formula is C20H21ClN2O2S. The standard InChI is InChI=1S/C20H21ClN2O2S/c1-2-25-13-7-12-23-19(24)16-9-4-6-11-18(16)22-20(23)26-14-15-8-3-5-10-17(15)21/h3-6,8-11H,2,7,12-14H2,1H3. The Morgan fingerprint density at radius 2 is 1.92 bits per heavy atom. The summed E-state index contributed by atoms with van der Waals surface area (Å²) >= 11 is 7.79. The van der Waals surface area contributed by atoms with Crippen LogP contribution in [0.15, 0.2) is 58.5 Å². The highest BCUT2D eigenvalue weighted by atomic mass is 35.5. The molecule has 0 amide bonds. The number of hydrogen-bond donors (Lipinski definition) is 0. The molecule has 0 radical (unpaired) electrons. The number of ether oxygens (including phenoxy) is 1. The first-order valence-corrected chi connectivity index (χ1v) is 10.0. The zero-order valence-corrected chi connectivity index (χ0v) is 16.2. The Hall–Kier alpha value is -1.82. The summed E-state index contributed by atoms with van der Waals surface area (Å²) in [7, 11) is 0. The van der Waals surface area contributed by atoms with E-state index in [1.54, 1.807) is 4.57 Å². The van der Waals surface area contributed by atoms with Gasteiger partial charge in [-0.2, -0.15) is 0 Å². The molecule has 4 nitrogen and oxygen atoms in total. The molecule has 3 rings (SSSR count). The van der Waals surface area contributed by atoms with Gasteiger partial charge in [0.05, 0.1) is 10.9 Å². The molecular weight excluding hydrogens is 368 g/mol. The first kappa shape index (κ1) is 19.0. The first-order valence-electron chi connectivity index (χ1n) is 8.64. The smallest absolute Gasteiger partial charge is 0.262 e. The Bertz CT molecular complexity index is 942. The van der Waals surface area contributed by atoms with E-state index in [0.717, 1.165) is 22.5 Å². The van der Waals surface area contributed by atoms with Gasteiger partial charge in [-0.1, -0.05) is 53.7 Å². The van der Waals surface area contributed by atoms with Crippen LogP contribution in [0.2, 0.25) is 5.02 Å². The van der Waals surface area contributed by atoms with Gasteiger partial charge in [0.25, 0.3) is 5.56 Å². The average Bonchev–Trinajstić information content (AvgIpc) is 2.66. The minimum atomic E-state index is -0.00578. The summed E-state index contributed by atoms with van der Waals surface area (Å²) in [5.74, 6) is 0.663. The summed E-state index contributed by atoms with van der Waals surface area (Å²) in [6, 6.07) is 15.2. The van der Waals surface area contributed by atoms with Crippen molar-refractivity contribution in [3.05, 3.63) is 69.5 Å². The summed E-state index contributed by atoms with van der Waals surface area (Å²) in [6.07, 6.45) is 0.771. The summed E-state index contributed by atoms with van der Waals surface area (Å²) in [4.78, 5) is 17.7. The van der Waals surface area contributed by atoms with E-state index in [0.29, 0.717) is 36.1 Å². The van der Waals surface area contributed by atoms with Crippen LogP contribution in [0.4, 0.5) is 0 Å². The van der Waals surface area contributed by atoms with E-state index >= 15 is 0 Å². The highest BCUT2D eigenvalue weighted by Gasteiger charge is 2.12. The average molecular weight is 389 g/mol. The lowest BCUT2D eigenvalue weighted by molar-refractivity contribution is 0.140. The van der Waals surface area contributed by atoms with Crippen LogP contribution in [0.5, 0.6) is 0 Å². The fourth-order valence-electron chi connectivity index (χ4n) is 2.68. The second-order valence-electron chi connectivity index (χ2n) is 5.80. The normalized spacial score (nSPS) is 11.2. The molecule has 0 unspecified atom stereocenters. The topological polar surface area (TPSA) is 44.1 Å². The molecule has 3 aromatic rings. The summed E-state index contributed by atoms with van der Waals surface area (Å²) in [5, 5.41) is 2.09. The fourth-order valence-corrected chi connectivity index (χ4v) is 3.99. The van der Waals surface area contributed by atoms with Crippen molar-refractivity contribution in [3.63, 3.8) is 0 Å². The lowest BCUT2D eigenvalue weighted by Gasteiger charge is -2.13. The molecule has 0 N–H and O–H groups in total. The van der Waals surface area contributed by atoms with Gasteiger partial charge in [0.15, 0.2) is 5.16 Å². The summed E-state index contributed by atoms with van der Waals surface area (Å²) in [5.41, 5.74) is 1.75. The molecule has 26 heavy (non-hydrogen) atoms. The molecule has 0 saturated heterocycles. The van der Waals surface area contributed by atoms with Crippen LogP contribution < -0.4 is 5.56 Å². The number of halogens is 1. The number of aromatic nitrogens is 2. The zero-order chi connectivity index (χ0) is 18.4. The van der Waals surface area contributed by atoms with Gasteiger partial charge in [-0.05, 0) is 37.1 Å². The molecule has 0 saturated carbocycles. The van der Waals surface area contributed by atoms with Gasteiger partial charge in [0.1, 0.15) is 0 Å². The third-order valence-corrected chi connectivity index (χ3v) is 5.41. The Morgan fingerprint density at radius 3 is 2.73 bits per heavy atom. The van der Waals surface area contributed by atoms with E-state index in [4.69, 9.17) is 21.3 Å². The van der Waals surface area contributed by atoms with Crippen molar-refractivity contribution in [2.24, 2.45) is 0 Å². The fraction of sp³-hybridized carbons (Fsp3) is 0.300. The predicted molar refractivity (Wildman–Crippen MR) is 108 cm³/mol. The maximum Gasteiger partial charge on any atom is 0.262 e. The molecule has 0 bridgehead atoms. The van der Waals surface area contributed by atoms with E-state index in [1.165, 1.54) is 11.8 Å². The van der Waals surface area contributed by atoms with Crippen LogP contribution in [0.25, 0.3) is 10.9 Å². The van der Waals surface area contributed by atoms with Crippen LogP contribution in [0.3, 0.4) is 0 Å². The van der Waals surface area contributed by atoms with Crippen LogP contribution in [-0.2, 0) is 17.0 Å². The van der Waals surface area contributed by atoms with Gasteiger partial charge in [-0.25, -0.2) is 4.98 Å². The van der Waals surface area contributed by atoms with E-state index in [-0.39, 0.29) is 5.56 Å². The van der Waals surface area contributed by atoms with Crippen molar-refractivity contribution in [1.29, 1.82) is 0 Å². The molecule has 0 aliphatic heterocycles. The molecule has 0 spiro atoms. The minimum absolute atomic E-state index is 0.00578. The Kier molecular flexibility index (Phi) is 6.72. The maximum absolute atomic E-state index is 12.9. The number of fused-ring (bicyclic) bond motifs is 1. The van der Waals surface area contributed by atoms with Gasteiger partial charge < -0.3 is 4.74 Å². The van der Waals surface area contributed by atoms with Crippen LogP contribution in [-0.4, -0.2) is 22.8 Å². The minimum Gasteiger partial charge on any atom is -0.382 e. The van der Waals surface area contributed by atoms with E-state index in [9.17, 15) is 4.79 Å². The Labute approximate surface area is 162 Å². The third kappa shape index (κ3) is 4.47. The lowest BCUT2D eigenvalue weighted by atomic mass is 10.2. The monoisotopic (exact) mass is 388 g/mol. The van der Waals surface area contributed by atoms with Gasteiger partial charge in [-0.3, -0.25) is 9.36 Å². The van der Waals surface area contributed by atoms with E-state index < -0.39 is 0 Å². The van der Waals surface area contributed by atoms with Gasteiger partial charge in [-0.15, -0.1) is 0 Å². The van der Waals surface area contributed by atoms with Crippen molar-refractivity contribution >= 4 is 34.3 Å². The summed E-state index contributed by atoms with van der Waals surface area (Å²) < 4.78 is 7.16. The molecule has 136 valence electrons. The van der Waals surface area contributed by atoms with E-state index in [2.05, 4.69) is 0 Å². The Morgan fingerprint density at radius 1 is 1.15 bits per heavy atom. The molecule has 0 aliphatic rings. The first-order chi connectivity index (χ1) is 12.7. The van der Waals surface area contributed by atoms with Crippen molar-refractivity contribution in [3.8, 4) is 0 Å². The SMILES string of the molecule is CCOCCCn1c(SCc2ccccc2Cl)nc2ccccc2c1=O. The highest BCUT2D eigenvalue weighted by molar-refractivity contribution is 7.98. The quantitative estimate of drug-likeness (QED) is 0.317. The van der Waals surface area contributed by atoms with Crippen LogP contribution in [0, 0.1) is 0 Å². The molecule has 1 heterocycles. The van der Waals surface area contributed by atoms with Crippen LogP contribution in [0.1, 0.15) is 18.9 Å². The van der Waals surface area contributed by atoms with Crippen molar-refractivity contribution in [1.82, 2.24) is 9.55 Å². The van der Waals surface area contributed by atoms with Crippen LogP contribution >= 0.6 is 23.4 Å². The number of hydrogen-bond acceptors (Lipinski definition) is 4. The summed E-state index contributed by atoms with van der Waals surface area (Å²) in [6.45, 7) is 3.86. The maximum atomic E-state index is 12.9. The molecule has 2 aromatic carbocycles. The Balaban J connectivity index is 1.90. The zero-order valence-electron chi connectivity index (χ0n) is 14.7. The molecule has 0 atom stereocenters. The molecule has 6 heteroatoms. The predicted octanol–water partition coefficient (Wildman–Crippen LogP) is 4.77. The number of para-hydroxylation sites is 1. The van der Waals surface area contributed by atoms with Gasteiger partial charge >= 0.3 is 0 Å². The third-order valence-electron chi connectivity index (χ3n) is 4.02. The number of rotatable bonds is 8. The highest BCUT2D eigenvalue weighted by Crippen LogP contribution is 2.26. The lowest BCUT2D eigenvalue weighted by Crippen LogP contribution is -2.24. The number of benzene rings is 2. The van der Waals surface area contributed by atoms with Crippen molar-refractivity contribution in [2.45, 2.75) is 30.8 Å². The van der Waals surface area contributed by atoms with Crippen molar-refractivity contribution in [2.75, 3.05) is 13.2 Å². The van der Waals surface area contributed by atoms with E-state index in [1.807, 2.05) is 55.5 Å². The number of nitrogens with zero attached hydrogens (tertiary/aromatic N) is 2. The second kappa shape index (κ2) is 9.21. The van der Waals surface area contributed by atoms with Crippen molar-refractivity contribution < 1.29 is 4.74 Å². The van der Waals surface area contributed by atoms with Gasteiger partial charge in [0, 0.05) is 30.5 Å².